The van der Waals surface area contributed by atoms with Gasteiger partial charge >= 0.3 is 5.97 Å². The average molecular weight is 903 g/mol. The molecule has 4 rings (SSSR count). The number of carbonyl (C=O) groups excluding carboxylic acids is 4. The van der Waals surface area contributed by atoms with Crippen LogP contribution in [0.25, 0.3) is 0 Å². The first-order valence-corrected chi connectivity index (χ1v) is 23.4. The molecule has 64 heavy (non-hydrogen) atoms. The number of allylic oxidation sites excluding steroid dienone is 5. The Balaban J connectivity index is 1.68. The minimum Gasteiger partial charge on any atom is -0.459 e. The van der Waals surface area contributed by atoms with Gasteiger partial charge in [-0.05, 0) is 101 Å². The Kier molecular flexibility index (Phi) is 20.6. The first kappa shape index (κ1) is 53.5. The number of hydrogen-bond donors (Lipinski definition) is 6. The second-order valence-corrected chi connectivity index (χ2v) is 19.3. The lowest BCUT2D eigenvalue weighted by Crippen LogP contribution is -2.61. The molecule has 15 nitrogen and oxygen atoms in total. The Bertz CT molecular complexity index is 1700. The number of aliphatic hydroxyl groups is 5. The van der Waals surface area contributed by atoms with E-state index in [2.05, 4.69) is 0 Å². The van der Waals surface area contributed by atoms with Gasteiger partial charge in [-0.25, -0.2) is 4.79 Å². The molecule has 1 amide bonds. The second-order valence-electron chi connectivity index (χ2n) is 19.3. The fourth-order valence-electron chi connectivity index (χ4n) is 9.81. The highest BCUT2D eigenvalue weighted by atomic mass is 16.6. The van der Waals surface area contributed by atoms with Gasteiger partial charge in [0.1, 0.15) is 24.4 Å². The number of rotatable bonds is 5. The lowest BCUT2D eigenvalue weighted by molar-refractivity contribution is -0.265. The normalized spacial score (nSPS) is 42.0. The van der Waals surface area contributed by atoms with Gasteiger partial charge in [-0.15, -0.1) is 0 Å². The molecule has 0 radical (unpaired) electrons. The van der Waals surface area contributed by atoms with Gasteiger partial charge in [-0.2, -0.15) is 0 Å². The van der Waals surface area contributed by atoms with E-state index in [0.717, 1.165) is 10.5 Å². The smallest absolute Gasteiger partial charge is 0.329 e. The van der Waals surface area contributed by atoms with Gasteiger partial charge in [0.25, 0.3) is 11.7 Å². The SMILES string of the molecule is CO[C@H]1C[C@@H]2CC[C@@H](C)[C@@](O)(O2)C(=O)C(=O)N2CCCC[C@H]2C(=O)O[C@H]([C@H](N)C[C@@H]2CC[C@@H](O)[C@H](OC)C2)C[C@@H](O)[C@H](C)/C=C(\C)[C@@H](O)[C@@H](O)C(=O)[C@H](C)C[C@H](C)/C=C/C=C/C=C/1C. The number of ketones is 2. The van der Waals surface area contributed by atoms with E-state index in [4.69, 9.17) is 24.7 Å². The summed E-state index contributed by atoms with van der Waals surface area (Å²) in [5, 5.41) is 56.1. The van der Waals surface area contributed by atoms with Crippen LogP contribution in [0.15, 0.2) is 47.6 Å². The number of nitrogens with zero attached hydrogens (tertiary/aromatic N) is 1. The van der Waals surface area contributed by atoms with Crippen molar-refractivity contribution in [3.05, 3.63) is 47.6 Å². The summed E-state index contributed by atoms with van der Waals surface area (Å²) in [4.78, 5) is 57.1. The van der Waals surface area contributed by atoms with Crippen LogP contribution in [-0.4, -0.2) is 141 Å². The Hall–Kier alpha value is -3.12. The molecule has 362 valence electrons. The van der Waals surface area contributed by atoms with Crippen molar-refractivity contribution in [2.45, 2.75) is 185 Å². The summed E-state index contributed by atoms with van der Waals surface area (Å²) in [6, 6.07) is -1.97. The van der Waals surface area contributed by atoms with Crippen molar-refractivity contribution in [1.29, 1.82) is 0 Å². The molecule has 0 spiro atoms. The number of hydrogen-bond acceptors (Lipinski definition) is 14. The number of piperidine rings is 1. The highest BCUT2D eigenvalue weighted by Crippen LogP contribution is 2.37. The lowest BCUT2D eigenvalue weighted by atomic mass is 9.80. The molecule has 0 aromatic heterocycles. The van der Waals surface area contributed by atoms with Crippen molar-refractivity contribution in [2.75, 3.05) is 20.8 Å². The van der Waals surface area contributed by atoms with Crippen LogP contribution in [-0.2, 0) is 38.1 Å². The predicted molar refractivity (Wildman–Crippen MR) is 240 cm³/mol. The minimum atomic E-state index is -2.44. The summed E-state index contributed by atoms with van der Waals surface area (Å²) >= 11 is 0. The fraction of sp³-hybridized carbons (Fsp3) is 0.755. The van der Waals surface area contributed by atoms with E-state index in [0.29, 0.717) is 64.2 Å². The Morgan fingerprint density at radius 1 is 0.828 bits per heavy atom. The number of ether oxygens (including phenoxy) is 4. The van der Waals surface area contributed by atoms with Gasteiger partial charge in [0.15, 0.2) is 5.78 Å². The largest absolute Gasteiger partial charge is 0.459 e. The summed E-state index contributed by atoms with van der Waals surface area (Å²) < 4.78 is 23.6. The van der Waals surface area contributed by atoms with Crippen LogP contribution in [0.5, 0.6) is 0 Å². The molecule has 3 aliphatic heterocycles. The molecule has 0 unspecified atom stereocenters. The Labute approximate surface area is 380 Å². The van der Waals surface area contributed by atoms with Crippen LogP contribution >= 0.6 is 0 Å². The van der Waals surface area contributed by atoms with Crippen LogP contribution in [0.3, 0.4) is 0 Å². The molecule has 7 N–H and O–H groups in total. The van der Waals surface area contributed by atoms with E-state index in [1.807, 2.05) is 44.2 Å². The molecule has 2 saturated heterocycles. The first-order chi connectivity index (χ1) is 30.2. The number of methoxy groups -OCH3 is 2. The number of carbonyl (C=O) groups is 4. The Morgan fingerprint density at radius 3 is 2.23 bits per heavy atom. The van der Waals surface area contributed by atoms with Gasteiger partial charge in [-0.1, -0.05) is 64.2 Å². The third kappa shape index (κ3) is 14.0. The summed E-state index contributed by atoms with van der Waals surface area (Å²) in [6.45, 7) is 10.6. The maximum absolute atomic E-state index is 14.3. The first-order valence-electron chi connectivity index (χ1n) is 23.4. The predicted octanol–water partition coefficient (Wildman–Crippen LogP) is 4.01. The number of esters is 1. The molecule has 15 heteroatoms. The average Bonchev–Trinajstić information content (AvgIpc) is 3.27. The lowest BCUT2D eigenvalue weighted by Gasteiger charge is -2.42. The van der Waals surface area contributed by atoms with Gasteiger partial charge in [0, 0.05) is 57.4 Å². The monoisotopic (exact) mass is 903 g/mol. The van der Waals surface area contributed by atoms with Crippen molar-refractivity contribution in [3.63, 3.8) is 0 Å². The number of nitrogens with two attached hydrogens (primary N) is 1. The molecular formula is C49H78N2O13. The standard InChI is InChI=1S/C49H78N2O13/c1-28-14-10-9-11-15-29(2)40(61-7)26-35-19-17-33(6)49(60,64-35)46(57)47(58)51-21-13-12-16-37(51)48(59)63-41(36(50)24-34-18-20-38(52)42(25-34)62-8)27-39(53)30(3)23-32(5)44(55)45(56)43(54)31(4)22-28/h9-11,14-15,23,28,30-31,33-42,44-45,52-53,55-56,60H,12-13,16-22,24-27,50H2,1-8H3/b11-9+,14-10+,29-15+,32-23+/t28-,30-,31-,33-,34+,35+,36-,37+,38-,39-,40+,41+,42-,44-,45+,49-/m1/s1. The third-order valence-electron chi connectivity index (χ3n) is 14.2. The van der Waals surface area contributed by atoms with Crippen LogP contribution in [0.4, 0.5) is 0 Å². The fourth-order valence-corrected chi connectivity index (χ4v) is 9.81. The van der Waals surface area contributed by atoms with Crippen molar-refractivity contribution in [1.82, 2.24) is 4.90 Å². The minimum absolute atomic E-state index is 0.00677. The van der Waals surface area contributed by atoms with Crippen LogP contribution in [0.1, 0.15) is 119 Å². The van der Waals surface area contributed by atoms with Crippen LogP contribution in [0.2, 0.25) is 0 Å². The molecule has 3 heterocycles. The number of cyclic esters (lactones) is 1. The van der Waals surface area contributed by atoms with E-state index in [9.17, 15) is 44.7 Å². The molecular weight excluding hydrogens is 825 g/mol. The Morgan fingerprint density at radius 2 is 1.55 bits per heavy atom. The summed E-state index contributed by atoms with van der Waals surface area (Å²) in [5.74, 6) is -7.94. The zero-order valence-corrected chi connectivity index (χ0v) is 39.3. The zero-order valence-electron chi connectivity index (χ0n) is 39.3. The third-order valence-corrected chi connectivity index (χ3v) is 14.2. The zero-order chi connectivity index (χ0) is 47.5. The van der Waals surface area contributed by atoms with Gasteiger partial charge in [-0.3, -0.25) is 14.4 Å². The van der Waals surface area contributed by atoms with Gasteiger partial charge in [0.05, 0.1) is 30.5 Å². The quantitative estimate of drug-likeness (QED) is 0.130. The number of fused-ring (bicyclic) bond motifs is 3. The molecule has 0 aromatic rings. The number of aliphatic hydroxyl groups excluding tert-OH is 4. The molecule has 2 bridgehead atoms. The number of Topliss-reactive ketones (excluding diaryl/α,β-unsaturated/α-hetero) is 2. The number of amides is 1. The van der Waals surface area contributed by atoms with E-state index < -0.39 is 108 Å². The second kappa shape index (κ2) is 24.6. The highest BCUT2D eigenvalue weighted by Gasteiger charge is 2.53. The van der Waals surface area contributed by atoms with Gasteiger partial charge in [0.2, 0.25) is 5.79 Å². The molecule has 3 fully saturated rings. The van der Waals surface area contributed by atoms with Crippen molar-refractivity contribution in [3.8, 4) is 0 Å². The van der Waals surface area contributed by atoms with Crippen LogP contribution < -0.4 is 5.73 Å². The molecule has 16 atom stereocenters. The summed E-state index contributed by atoms with van der Waals surface area (Å²) in [6.07, 6.45) is 8.23. The van der Waals surface area contributed by atoms with Crippen molar-refractivity contribution in [2.24, 2.45) is 35.3 Å². The maximum Gasteiger partial charge on any atom is 0.329 e. The maximum atomic E-state index is 14.3. The van der Waals surface area contributed by atoms with E-state index in [1.165, 1.54) is 7.11 Å². The molecule has 4 aliphatic rings. The highest BCUT2D eigenvalue weighted by molar-refractivity contribution is 6.39. The van der Waals surface area contributed by atoms with Crippen molar-refractivity contribution < 1.29 is 63.7 Å². The molecule has 0 aromatic carbocycles. The van der Waals surface area contributed by atoms with E-state index in [1.54, 1.807) is 40.9 Å². The summed E-state index contributed by atoms with van der Waals surface area (Å²) in [7, 11) is 3.10. The van der Waals surface area contributed by atoms with Gasteiger partial charge < -0.3 is 55.1 Å². The van der Waals surface area contributed by atoms with Crippen LogP contribution in [0, 0.1) is 29.6 Å². The topological polar surface area (TPSA) is 236 Å². The van der Waals surface area contributed by atoms with E-state index in [-0.39, 0.29) is 36.8 Å². The van der Waals surface area contributed by atoms with Crippen molar-refractivity contribution >= 4 is 23.4 Å². The summed E-state index contributed by atoms with van der Waals surface area (Å²) in [5.41, 5.74) is 7.97. The molecule has 1 aliphatic carbocycles. The van der Waals surface area contributed by atoms with E-state index >= 15 is 0 Å². The molecule has 1 saturated carbocycles.